The normalized spacial score (nSPS) is 13.1. The quantitative estimate of drug-likeness (QED) is 0.593. The predicted molar refractivity (Wildman–Crippen MR) is 109 cm³/mol. The molecule has 1 saturated carbocycles. The summed E-state index contributed by atoms with van der Waals surface area (Å²) in [6, 6.07) is 16.0. The lowest BCUT2D eigenvalue weighted by Gasteiger charge is -2.09. The Morgan fingerprint density at radius 1 is 1.21 bits per heavy atom. The highest BCUT2D eigenvalue weighted by Gasteiger charge is 2.31. The first-order chi connectivity index (χ1) is 14.2. The maximum atomic E-state index is 14.2. The smallest absolute Gasteiger partial charge is 0.234 e. The molecule has 1 aromatic heterocycles. The van der Waals surface area contributed by atoms with E-state index in [2.05, 4.69) is 21.6 Å². The third kappa shape index (κ3) is 4.46. The van der Waals surface area contributed by atoms with Gasteiger partial charge in [-0.3, -0.25) is 9.36 Å². The molecule has 4 rings (SSSR count). The number of hydrogen-bond acceptors (Lipinski definition) is 5. The number of carbonyl (C=O) groups is 1. The number of anilines is 1. The summed E-state index contributed by atoms with van der Waals surface area (Å²) in [5.74, 6) is 0.167. The molecule has 0 bridgehead atoms. The van der Waals surface area contributed by atoms with Crippen LogP contribution < -0.4 is 5.32 Å². The van der Waals surface area contributed by atoms with E-state index in [-0.39, 0.29) is 23.5 Å². The van der Waals surface area contributed by atoms with Gasteiger partial charge >= 0.3 is 0 Å². The Balaban J connectivity index is 1.44. The number of nitrogens with one attached hydrogen (secondary N) is 1. The average molecular weight is 407 g/mol. The van der Waals surface area contributed by atoms with Crippen LogP contribution in [0.2, 0.25) is 0 Å². The Kier molecular flexibility index (Phi) is 5.58. The van der Waals surface area contributed by atoms with Gasteiger partial charge in [-0.05, 0) is 42.7 Å². The SMILES string of the molecule is N#CCc1ccc(NC(=O)CSc2nnc(-c3ccccc3F)n2C2CC2)cc1. The van der Waals surface area contributed by atoms with E-state index in [9.17, 15) is 9.18 Å². The van der Waals surface area contributed by atoms with E-state index in [1.807, 2.05) is 16.7 Å². The molecule has 2 aromatic carbocycles. The molecule has 3 aromatic rings. The van der Waals surface area contributed by atoms with Crippen LogP contribution in [-0.4, -0.2) is 26.4 Å². The zero-order valence-corrected chi connectivity index (χ0v) is 16.3. The van der Waals surface area contributed by atoms with Crippen molar-refractivity contribution in [2.24, 2.45) is 0 Å². The van der Waals surface area contributed by atoms with Crippen LogP contribution in [0.1, 0.15) is 24.4 Å². The van der Waals surface area contributed by atoms with Crippen LogP contribution in [0.5, 0.6) is 0 Å². The number of benzene rings is 2. The second-order valence-electron chi connectivity index (χ2n) is 6.76. The molecule has 6 nitrogen and oxygen atoms in total. The Hall–Kier alpha value is -3.18. The van der Waals surface area contributed by atoms with E-state index in [0.29, 0.717) is 28.7 Å². The number of hydrogen-bond donors (Lipinski definition) is 1. The third-order valence-electron chi connectivity index (χ3n) is 4.54. The maximum absolute atomic E-state index is 14.2. The standard InChI is InChI=1S/C21H18FN5OS/c22-18-4-2-1-3-17(18)20-25-26-21(27(20)16-9-10-16)29-13-19(28)24-15-7-5-14(6-8-15)11-12-23/h1-8,16H,9-11,13H2,(H,24,28). The van der Waals surface area contributed by atoms with Gasteiger partial charge in [0.25, 0.3) is 0 Å². The van der Waals surface area contributed by atoms with Gasteiger partial charge in [-0.2, -0.15) is 5.26 Å². The molecule has 0 spiro atoms. The lowest BCUT2D eigenvalue weighted by atomic mass is 10.1. The van der Waals surface area contributed by atoms with Crippen LogP contribution >= 0.6 is 11.8 Å². The molecular formula is C21H18FN5OS. The molecule has 0 unspecified atom stereocenters. The van der Waals surface area contributed by atoms with Crippen molar-refractivity contribution in [3.05, 3.63) is 59.9 Å². The maximum Gasteiger partial charge on any atom is 0.234 e. The fourth-order valence-corrected chi connectivity index (χ4v) is 3.79. The summed E-state index contributed by atoms with van der Waals surface area (Å²) >= 11 is 1.29. The highest BCUT2D eigenvalue weighted by Crippen LogP contribution is 2.41. The van der Waals surface area contributed by atoms with Gasteiger partial charge < -0.3 is 5.32 Å². The van der Waals surface area contributed by atoms with Crippen LogP contribution in [-0.2, 0) is 11.2 Å². The van der Waals surface area contributed by atoms with Gasteiger partial charge in [0.1, 0.15) is 5.82 Å². The molecule has 1 aliphatic rings. The summed E-state index contributed by atoms with van der Waals surface area (Å²) in [5, 5.41) is 20.6. The van der Waals surface area contributed by atoms with Crippen molar-refractivity contribution < 1.29 is 9.18 Å². The van der Waals surface area contributed by atoms with E-state index in [0.717, 1.165) is 18.4 Å². The van der Waals surface area contributed by atoms with Crippen molar-refractivity contribution >= 4 is 23.4 Å². The van der Waals surface area contributed by atoms with E-state index in [4.69, 9.17) is 5.26 Å². The summed E-state index contributed by atoms with van der Waals surface area (Å²) < 4.78 is 16.1. The predicted octanol–water partition coefficient (Wildman–Crippen LogP) is 4.22. The highest BCUT2D eigenvalue weighted by molar-refractivity contribution is 7.99. The van der Waals surface area contributed by atoms with Crippen LogP contribution in [0.15, 0.2) is 53.7 Å². The number of nitrogens with zero attached hydrogens (tertiary/aromatic N) is 4. The molecule has 0 atom stereocenters. The number of carbonyl (C=O) groups excluding carboxylic acids is 1. The summed E-state index contributed by atoms with van der Waals surface area (Å²) in [7, 11) is 0. The molecule has 0 saturated heterocycles. The summed E-state index contributed by atoms with van der Waals surface area (Å²) in [4.78, 5) is 12.3. The lowest BCUT2D eigenvalue weighted by molar-refractivity contribution is -0.113. The van der Waals surface area contributed by atoms with Crippen molar-refractivity contribution in [3.8, 4) is 17.5 Å². The summed E-state index contributed by atoms with van der Waals surface area (Å²) in [6.45, 7) is 0. The topological polar surface area (TPSA) is 83.6 Å². The zero-order chi connectivity index (χ0) is 20.2. The first kappa shape index (κ1) is 19.2. The zero-order valence-electron chi connectivity index (χ0n) is 15.5. The number of halogens is 1. The molecule has 1 heterocycles. The molecule has 1 fully saturated rings. The summed E-state index contributed by atoms with van der Waals surface area (Å²) in [6.07, 6.45) is 2.33. The minimum atomic E-state index is -0.337. The van der Waals surface area contributed by atoms with Crippen LogP contribution in [0.4, 0.5) is 10.1 Å². The number of thioether (sulfide) groups is 1. The van der Waals surface area contributed by atoms with Crippen molar-refractivity contribution in [1.29, 1.82) is 5.26 Å². The molecule has 1 amide bonds. The Morgan fingerprint density at radius 3 is 2.66 bits per heavy atom. The van der Waals surface area contributed by atoms with Crippen molar-refractivity contribution in [1.82, 2.24) is 14.8 Å². The van der Waals surface area contributed by atoms with E-state index < -0.39 is 0 Å². The van der Waals surface area contributed by atoms with E-state index >= 15 is 0 Å². The van der Waals surface area contributed by atoms with Gasteiger partial charge in [0.15, 0.2) is 11.0 Å². The number of amides is 1. The Labute approximate surface area is 171 Å². The fourth-order valence-electron chi connectivity index (χ4n) is 2.99. The first-order valence-corrected chi connectivity index (χ1v) is 10.2. The van der Waals surface area contributed by atoms with Gasteiger partial charge in [-0.1, -0.05) is 36.0 Å². The Bertz CT molecular complexity index is 1070. The van der Waals surface area contributed by atoms with Crippen molar-refractivity contribution in [2.45, 2.75) is 30.5 Å². The average Bonchev–Trinajstić information content (AvgIpc) is 3.48. The molecule has 146 valence electrons. The number of aromatic nitrogens is 3. The second-order valence-corrected chi connectivity index (χ2v) is 7.70. The largest absolute Gasteiger partial charge is 0.325 e. The number of nitriles is 1. The van der Waals surface area contributed by atoms with E-state index in [1.165, 1.54) is 17.8 Å². The lowest BCUT2D eigenvalue weighted by Crippen LogP contribution is -2.14. The fraction of sp³-hybridized carbons (Fsp3) is 0.238. The van der Waals surface area contributed by atoms with Crippen LogP contribution in [0.25, 0.3) is 11.4 Å². The van der Waals surface area contributed by atoms with E-state index in [1.54, 1.807) is 30.3 Å². The molecule has 0 radical (unpaired) electrons. The van der Waals surface area contributed by atoms with Gasteiger partial charge in [0.05, 0.1) is 23.8 Å². The molecule has 29 heavy (non-hydrogen) atoms. The molecule has 8 heteroatoms. The van der Waals surface area contributed by atoms with Gasteiger partial charge in [-0.25, -0.2) is 4.39 Å². The van der Waals surface area contributed by atoms with Crippen molar-refractivity contribution in [3.63, 3.8) is 0 Å². The monoisotopic (exact) mass is 407 g/mol. The van der Waals surface area contributed by atoms with Crippen LogP contribution in [0.3, 0.4) is 0 Å². The van der Waals surface area contributed by atoms with Gasteiger partial charge in [-0.15, -0.1) is 10.2 Å². The number of rotatable bonds is 7. The molecule has 1 N–H and O–H groups in total. The van der Waals surface area contributed by atoms with Gasteiger partial charge in [0, 0.05) is 11.7 Å². The molecule has 0 aliphatic heterocycles. The molecule has 1 aliphatic carbocycles. The first-order valence-electron chi connectivity index (χ1n) is 9.24. The van der Waals surface area contributed by atoms with Crippen molar-refractivity contribution in [2.75, 3.05) is 11.1 Å². The third-order valence-corrected chi connectivity index (χ3v) is 5.49. The minimum absolute atomic E-state index is 0.166. The van der Waals surface area contributed by atoms with Crippen LogP contribution in [0, 0.1) is 17.1 Å². The minimum Gasteiger partial charge on any atom is -0.325 e. The second kappa shape index (κ2) is 8.45. The van der Waals surface area contributed by atoms with Gasteiger partial charge in [0.2, 0.25) is 5.91 Å². The highest BCUT2D eigenvalue weighted by atomic mass is 32.2. The Morgan fingerprint density at radius 2 is 1.97 bits per heavy atom. The summed E-state index contributed by atoms with van der Waals surface area (Å²) in [5.41, 5.74) is 1.99. The molecular weight excluding hydrogens is 389 g/mol.